The van der Waals surface area contributed by atoms with Crippen molar-refractivity contribution in [1.82, 2.24) is 10.6 Å². The zero-order valence-corrected chi connectivity index (χ0v) is 15.1. The van der Waals surface area contributed by atoms with E-state index in [2.05, 4.69) is 10.6 Å². The van der Waals surface area contributed by atoms with Gasteiger partial charge in [0.2, 0.25) is 11.8 Å². The first kappa shape index (κ1) is 23.8. The van der Waals surface area contributed by atoms with Crippen molar-refractivity contribution >= 4 is 23.8 Å². The Morgan fingerprint density at radius 2 is 1.04 bits per heavy atom. The van der Waals surface area contributed by atoms with Crippen LogP contribution in [0.25, 0.3) is 0 Å². The SMILES string of the molecule is NCCCC(=O)NCCCOC(=O)C(=O)OCCCNC(=O)CCCN. The topological polar surface area (TPSA) is 163 Å². The first-order chi connectivity index (χ1) is 12.5. The molecule has 0 spiro atoms. The molecule has 0 atom stereocenters. The number of amides is 2. The lowest BCUT2D eigenvalue weighted by molar-refractivity contribution is -0.167. The van der Waals surface area contributed by atoms with Crippen molar-refractivity contribution in [3.8, 4) is 0 Å². The van der Waals surface area contributed by atoms with Crippen LogP contribution in [-0.4, -0.2) is 63.1 Å². The van der Waals surface area contributed by atoms with Gasteiger partial charge < -0.3 is 31.6 Å². The Hall–Kier alpha value is -2.20. The third kappa shape index (κ3) is 14.2. The number of ether oxygens (including phenoxy) is 2. The molecule has 0 aliphatic rings. The van der Waals surface area contributed by atoms with Gasteiger partial charge >= 0.3 is 11.9 Å². The molecule has 0 aromatic rings. The number of nitrogens with one attached hydrogen (secondary N) is 2. The molecule has 10 heteroatoms. The maximum atomic E-state index is 11.4. The lowest BCUT2D eigenvalue weighted by Crippen LogP contribution is -2.28. The second kappa shape index (κ2) is 16.3. The van der Waals surface area contributed by atoms with E-state index < -0.39 is 11.9 Å². The molecule has 0 aromatic carbocycles. The first-order valence-electron chi connectivity index (χ1n) is 8.78. The average molecular weight is 374 g/mol. The van der Waals surface area contributed by atoms with Crippen molar-refractivity contribution in [1.29, 1.82) is 0 Å². The highest BCUT2D eigenvalue weighted by Crippen LogP contribution is 1.91. The van der Waals surface area contributed by atoms with E-state index in [4.69, 9.17) is 20.9 Å². The maximum absolute atomic E-state index is 11.4. The summed E-state index contributed by atoms with van der Waals surface area (Å²) in [5.41, 5.74) is 10.6. The lowest BCUT2D eigenvalue weighted by atomic mass is 10.3. The van der Waals surface area contributed by atoms with Crippen molar-refractivity contribution in [3.05, 3.63) is 0 Å². The molecule has 0 aromatic heterocycles. The Balaban J connectivity index is 3.58. The van der Waals surface area contributed by atoms with Crippen molar-refractivity contribution in [2.24, 2.45) is 11.5 Å². The van der Waals surface area contributed by atoms with Crippen molar-refractivity contribution in [3.63, 3.8) is 0 Å². The van der Waals surface area contributed by atoms with E-state index in [1.165, 1.54) is 0 Å². The molecule has 0 fully saturated rings. The van der Waals surface area contributed by atoms with E-state index in [1.54, 1.807) is 0 Å². The maximum Gasteiger partial charge on any atom is 0.417 e. The molecule has 26 heavy (non-hydrogen) atoms. The summed E-state index contributed by atoms with van der Waals surface area (Å²) in [6.45, 7) is 1.59. The van der Waals surface area contributed by atoms with E-state index in [0.29, 0.717) is 64.7 Å². The largest absolute Gasteiger partial charge is 0.457 e. The lowest BCUT2D eigenvalue weighted by Gasteiger charge is -2.07. The molecule has 0 rings (SSSR count). The summed E-state index contributed by atoms with van der Waals surface area (Å²) in [4.78, 5) is 45.4. The Bertz CT molecular complexity index is 404. The molecular formula is C16H30N4O6. The highest BCUT2D eigenvalue weighted by molar-refractivity contribution is 6.29. The van der Waals surface area contributed by atoms with Crippen LogP contribution in [0.4, 0.5) is 0 Å². The van der Waals surface area contributed by atoms with Crippen LogP contribution in [0, 0.1) is 0 Å². The standard InChI is InChI=1S/C16H30N4O6/c17-7-1-5-13(21)19-9-3-11-25-15(23)16(24)26-12-4-10-20-14(22)6-2-8-18/h1-12,17-18H2,(H,19,21)(H,20,22). The van der Waals surface area contributed by atoms with Gasteiger partial charge in [-0.15, -0.1) is 0 Å². The number of carbonyl (C=O) groups is 4. The average Bonchev–Trinajstić information content (AvgIpc) is 2.63. The Morgan fingerprint density at radius 1 is 0.654 bits per heavy atom. The van der Waals surface area contributed by atoms with Crippen LogP contribution < -0.4 is 22.1 Å². The molecule has 0 aliphatic carbocycles. The molecular weight excluding hydrogens is 344 g/mol. The van der Waals surface area contributed by atoms with E-state index >= 15 is 0 Å². The van der Waals surface area contributed by atoms with Crippen molar-refractivity contribution in [2.75, 3.05) is 39.4 Å². The molecule has 0 aliphatic heterocycles. The van der Waals surface area contributed by atoms with Crippen molar-refractivity contribution < 1.29 is 28.7 Å². The van der Waals surface area contributed by atoms with Gasteiger partial charge in [0.15, 0.2) is 0 Å². The van der Waals surface area contributed by atoms with Crippen LogP contribution in [-0.2, 0) is 28.7 Å². The van der Waals surface area contributed by atoms with Crippen LogP contribution in [0.2, 0.25) is 0 Å². The van der Waals surface area contributed by atoms with E-state index in [-0.39, 0.29) is 25.0 Å². The van der Waals surface area contributed by atoms with Gasteiger partial charge in [0.25, 0.3) is 0 Å². The van der Waals surface area contributed by atoms with Gasteiger partial charge in [0.05, 0.1) is 13.2 Å². The molecule has 6 N–H and O–H groups in total. The first-order valence-corrected chi connectivity index (χ1v) is 8.78. The fraction of sp³-hybridized carbons (Fsp3) is 0.750. The van der Waals surface area contributed by atoms with Gasteiger partial charge in [-0.1, -0.05) is 0 Å². The fourth-order valence-corrected chi connectivity index (χ4v) is 1.75. The van der Waals surface area contributed by atoms with Crippen LogP contribution >= 0.6 is 0 Å². The van der Waals surface area contributed by atoms with E-state index in [0.717, 1.165) is 0 Å². The van der Waals surface area contributed by atoms with Gasteiger partial charge in [-0.2, -0.15) is 0 Å². The summed E-state index contributed by atoms with van der Waals surface area (Å²) in [7, 11) is 0. The number of hydrogen-bond acceptors (Lipinski definition) is 8. The van der Waals surface area contributed by atoms with Gasteiger partial charge in [-0.25, -0.2) is 9.59 Å². The second-order valence-corrected chi connectivity index (χ2v) is 5.46. The fourth-order valence-electron chi connectivity index (χ4n) is 1.75. The Morgan fingerprint density at radius 3 is 1.38 bits per heavy atom. The summed E-state index contributed by atoms with van der Waals surface area (Å²) in [6.07, 6.45) is 2.73. The minimum Gasteiger partial charge on any atom is -0.457 e. The predicted molar refractivity (Wildman–Crippen MR) is 93.7 cm³/mol. The molecule has 150 valence electrons. The summed E-state index contributed by atoms with van der Waals surface area (Å²) >= 11 is 0. The Kier molecular flexibility index (Phi) is 14.9. The molecule has 0 saturated heterocycles. The number of esters is 2. The van der Waals surface area contributed by atoms with Gasteiger partial charge in [0.1, 0.15) is 0 Å². The highest BCUT2D eigenvalue weighted by Gasteiger charge is 2.16. The monoisotopic (exact) mass is 374 g/mol. The number of hydrogen-bond donors (Lipinski definition) is 4. The minimum atomic E-state index is -1.08. The number of nitrogens with two attached hydrogens (primary N) is 2. The predicted octanol–water partition coefficient (Wildman–Crippen LogP) is -1.44. The van der Waals surface area contributed by atoms with E-state index in [1.807, 2.05) is 0 Å². The summed E-state index contributed by atoms with van der Waals surface area (Å²) in [5, 5.41) is 5.29. The summed E-state index contributed by atoms with van der Waals surface area (Å²) < 4.78 is 9.48. The number of carbonyl (C=O) groups excluding carboxylic acids is 4. The van der Waals surface area contributed by atoms with Crippen molar-refractivity contribution in [2.45, 2.75) is 38.5 Å². The second-order valence-electron chi connectivity index (χ2n) is 5.46. The molecule has 0 bridgehead atoms. The van der Waals surface area contributed by atoms with Crippen LogP contribution in [0.1, 0.15) is 38.5 Å². The molecule has 10 nitrogen and oxygen atoms in total. The quantitative estimate of drug-likeness (QED) is 0.163. The zero-order chi connectivity index (χ0) is 19.6. The molecule has 2 amide bonds. The molecule has 0 saturated carbocycles. The normalized spacial score (nSPS) is 10.1. The number of rotatable bonds is 14. The summed E-state index contributed by atoms with van der Waals surface area (Å²) in [6, 6.07) is 0. The zero-order valence-electron chi connectivity index (χ0n) is 15.1. The van der Waals surface area contributed by atoms with E-state index in [9.17, 15) is 19.2 Å². The van der Waals surface area contributed by atoms with Crippen LogP contribution in [0.3, 0.4) is 0 Å². The van der Waals surface area contributed by atoms with Crippen LogP contribution in [0.15, 0.2) is 0 Å². The highest BCUT2D eigenvalue weighted by atomic mass is 16.6. The smallest absolute Gasteiger partial charge is 0.417 e. The molecule has 0 radical (unpaired) electrons. The minimum absolute atomic E-state index is 0.00228. The van der Waals surface area contributed by atoms with Gasteiger partial charge in [-0.05, 0) is 38.8 Å². The third-order valence-corrected chi connectivity index (χ3v) is 3.14. The molecule has 0 heterocycles. The Labute approximate surface area is 153 Å². The van der Waals surface area contributed by atoms with Gasteiger partial charge in [0, 0.05) is 25.9 Å². The third-order valence-electron chi connectivity index (χ3n) is 3.14. The summed E-state index contributed by atoms with van der Waals surface area (Å²) in [5.74, 6) is -2.38. The van der Waals surface area contributed by atoms with Crippen LogP contribution in [0.5, 0.6) is 0 Å². The molecule has 0 unspecified atom stereocenters. The van der Waals surface area contributed by atoms with Gasteiger partial charge in [-0.3, -0.25) is 9.59 Å².